The monoisotopic (exact) mass is 291 g/mol. The molecule has 4 heteroatoms. The average Bonchev–Trinajstić information content (AvgIpc) is 2.20. The molecule has 0 aromatic heterocycles. The van der Waals surface area contributed by atoms with E-state index in [0.29, 0.717) is 6.54 Å². The minimum absolute atomic E-state index is 0.0959. The lowest BCUT2D eigenvalue weighted by Gasteiger charge is -2.23. The van der Waals surface area contributed by atoms with Gasteiger partial charge in [0.25, 0.3) is 0 Å². The van der Waals surface area contributed by atoms with Crippen LogP contribution >= 0.6 is 27.5 Å². The molecule has 0 unspecified atom stereocenters. The van der Waals surface area contributed by atoms with Gasteiger partial charge < -0.3 is 10.4 Å². The Morgan fingerprint density at radius 1 is 1.47 bits per heavy atom. The molecule has 0 saturated carbocycles. The van der Waals surface area contributed by atoms with Crippen LogP contribution in [0.4, 0.5) is 0 Å². The van der Waals surface area contributed by atoms with E-state index in [1.54, 1.807) is 0 Å². The Labute approximate surface area is 104 Å². The van der Waals surface area contributed by atoms with Crippen molar-refractivity contribution in [3.05, 3.63) is 33.3 Å². The van der Waals surface area contributed by atoms with E-state index in [1.807, 2.05) is 32.0 Å². The maximum absolute atomic E-state index is 9.09. The molecule has 0 aliphatic rings. The number of aliphatic hydroxyl groups excluding tert-OH is 1. The summed E-state index contributed by atoms with van der Waals surface area (Å²) >= 11 is 9.44. The van der Waals surface area contributed by atoms with Gasteiger partial charge in [-0.3, -0.25) is 0 Å². The van der Waals surface area contributed by atoms with Gasteiger partial charge in [0.15, 0.2) is 0 Å². The third kappa shape index (κ3) is 4.11. The normalized spacial score (nSPS) is 11.8. The predicted molar refractivity (Wildman–Crippen MR) is 67.2 cm³/mol. The smallest absolute Gasteiger partial charge is 0.0607 e. The van der Waals surface area contributed by atoms with Crippen molar-refractivity contribution in [2.24, 2.45) is 0 Å². The molecule has 84 valence electrons. The van der Waals surface area contributed by atoms with E-state index in [4.69, 9.17) is 16.7 Å². The lowest BCUT2D eigenvalue weighted by atomic mass is 10.1. The van der Waals surface area contributed by atoms with E-state index in [-0.39, 0.29) is 12.1 Å². The first-order chi connectivity index (χ1) is 6.94. The van der Waals surface area contributed by atoms with E-state index in [0.717, 1.165) is 15.1 Å². The molecule has 15 heavy (non-hydrogen) atoms. The lowest BCUT2D eigenvalue weighted by molar-refractivity contribution is 0.187. The SMILES string of the molecule is CC(C)(CO)NCc1cc(Br)ccc1Cl. The molecule has 1 aromatic rings. The molecule has 1 aromatic carbocycles. The molecule has 0 saturated heterocycles. The largest absolute Gasteiger partial charge is 0.394 e. The Morgan fingerprint density at radius 3 is 2.73 bits per heavy atom. The second kappa shape index (κ2) is 5.30. The number of nitrogens with one attached hydrogen (secondary N) is 1. The molecule has 0 bridgehead atoms. The molecular weight excluding hydrogens is 277 g/mol. The zero-order valence-electron chi connectivity index (χ0n) is 8.85. The summed E-state index contributed by atoms with van der Waals surface area (Å²) in [6.45, 7) is 4.63. The molecule has 0 aliphatic carbocycles. The highest BCUT2D eigenvalue weighted by Gasteiger charge is 2.15. The Balaban J connectivity index is 2.69. The molecular formula is C11H15BrClNO. The second-order valence-corrected chi connectivity index (χ2v) is 5.45. The Bertz CT molecular complexity index is 341. The van der Waals surface area contributed by atoms with Gasteiger partial charge in [-0.05, 0) is 37.6 Å². The van der Waals surface area contributed by atoms with Crippen molar-refractivity contribution in [3.8, 4) is 0 Å². The highest BCUT2D eigenvalue weighted by Crippen LogP contribution is 2.21. The maximum Gasteiger partial charge on any atom is 0.0607 e. The fourth-order valence-electron chi connectivity index (χ4n) is 1.07. The van der Waals surface area contributed by atoms with Gasteiger partial charge in [0.05, 0.1) is 6.61 Å². The number of benzene rings is 1. The van der Waals surface area contributed by atoms with Gasteiger partial charge in [0.2, 0.25) is 0 Å². The van der Waals surface area contributed by atoms with Gasteiger partial charge in [-0.1, -0.05) is 27.5 Å². The second-order valence-electron chi connectivity index (χ2n) is 4.13. The Hall–Kier alpha value is -0.0900. The maximum atomic E-state index is 9.09. The lowest BCUT2D eigenvalue weighted by Crippen LogP contribution is -2.42. The Kier molecular flexibility index (Phi) is 4.59. The molecule has 0 atom stereocenters. The highest BCUT2D eigenvalue weighted by molar-refractivity contribution is 9.10. The third-order valence-corrected chi connectivity index (χ3v) is 3.02. The molecule has 2 nitrogen and oxygen atoms in total. The molecule has 0 aliphatic heterocycles. The summed E-state index contributed by atoms with van der Waals surface area (Å²) in [5.41, 5.74) is 0.735. The zero-order chi connectivity index (χ0) is 11.5. The van der Waals surface area contributed by atoms with Crippen LogP contribution in [0.3, 0.4) is 0 Å². The molecule has 0 spiro atoms. The van der Waals surface area contributed by atoms with Gasteiger partial charge >= 0.3 is 0 Å². The first-order valence-corrected chi connectivity index (χ1v) is 5.91. The number of aliphatic hydroxyl groups is 1. The van der Waals surface area contributed by atoms with E-state index in [9.17, 15) is 0 Å². The van der Waals surface area contributed by atoms with Gasteiger partial charge in [-0.15, -0.1) is 0 Å². The first-order valence-electron chi connectivity index (χ1n) is 4.74. The number of halogens is 2. The minimum Gasteiger partial charge on any atom is -0.394 e. The molecule has 0 heterocycles. The van der Waals surface area contributed by atoms with Crippen LogP contribution in [0, 0.1) is 0 Å². The van der Waals surface area contributed by atoms with Crippen LogP contribution in [0.15, 0.2) is 22.7 Å². The Morgan fingerprint density at radius 2 is 2.13 bits per heavy atom. The van der Waals surface area contributed by atoms with E-state index in [2.05, 4.69) is 21.2 Å². The van der Waals surface area contributed by atoms with Gasteiger partial charge in [0, 0.05) is 21.6 Å². The van der Waals surface area contributed by atoms with Crippen molar-refractivity contribution in [1.29, 1.82) is 0 Å². The van der Waals surface area contributed by atoms with Crippen molar-refractivity contribution in [1.82, 2.24) is 5.32 Å². The molecule has 0 radical (unpaired) electrons. The van der Waals surface area contributed by atoms with Crippen LogP contribution in [-0.4, -0.2) is 17.3 Å². The summed E-state index contributed by atoms with van der Waals surface area (Å²) in [7, 11) is 0. The predicted octanol–water partition coefficient (Wildman–Crippen LogP) is 2.96. The van der Waals surface area contributed by atoms with Crippen molar-refractivity contribution in [3.63, 3.8) is 0 Å². The molecule has 0 amide bonds. The van der Waals surface area contributed by atoms with Crippen molar-refractivity contribution in [2.75, 3.05) is 6.61 Å². The van der Waals surface area contributed by atoms with Crippen LogP contribution in [0.25, 0.3) is 0 Å². The van der Waals surface area contributed by atoms with Gasteiger partial charge in [-0.2, -0.15) is 0 Å². The van der Waals surface area contributed by atoms with Crippen LogP contribution in [0.2, 0.25) is 5.02 Å². The average molecular weight is 293 g/mol. The van der Waals surface area contributed by atoms with Crippen molar-refractivity contribution in [2.45, 2.75) is 25.9 Å². The van der Waals surface area contributed by atoms with Crippen LogP contribution in [-0.2, 0) is 6.54 Å². The minimum atomic E-state index is -0.286. The van der Waals surface area contributed by atoms with Crippen molar-refractivity contribution >= 4 is 27.5 Å². The third-order valence-electron chi connectivity index (χ3n) is 2.16. The zero-order valence-corrected chi connectivity index (χ0v) is 11.2. The van der Waals surface area contributed by atoms with E-state index in [1.165, 1.54) is 0 Å². The van der Waals surface area contributed by atoms with Gasteiger partial charge in [0.1, 0.15) is 0 Å². The van der Waals surface area contributed by atoms with Crippen molar-refractivity contribution < 1.29 is 5.11 Å². The number of hydrogen-bond donors (Lipinski definition) is 2. The summed E-state index contributed by atoms with van der Waals surface area (Å²) in [4.78, 5) is 0. The highest BCUT2D eigenvalue weighted by atomic mass is 79.9. The first kappa shape index (κ1) is 13.0. The number of hydrogen-bond acceptors (Lipinski definition) is 2. The van der Waals surface area contributed by atoms with Crippen LogP contribution in [0.5, 0.6) is 0 Å². The summed E-state index contributed by atoms with van der Waals surface area (Å²) in [5, 5.41) is 13.1. The van der Waals surface area contributed by atoms with Gasteiger partial charge in [-0.25, -0.2) is 0 Å². The summed E-state index contributed by atoms with van der Waals surface area (Å²) in [6, 6.07) is 5.74. The van der Waals surface area contributed by atoms with E-state index >= 15 is 0 Å². The van der Waals surface area contributed by atoms with E-state index < -0.39 is 0 Å². The summed E-state index contributed by atoms with van der Waals surface area (Å²) in [6.07, 6.45) is 0. The fraction of sp³-hybridized carbons (Fsp3) is 0.455. The molecule has 1 rings (SSSR count). The van der Waals surface area contributed by atoms with Crippen LogP contribution in [0.1, 0.15) is 19.4 Å². The quantitative estimate of drug-likeness (QED) is 0.894. The van der Waals surface area contributed by atoms with Crippen LogP contribution < -0.4 is 5.32 Å². The summed E-state index contributed by atoms with van der Waals surface area (Å²) in [5.74, 6) is 0. The molecule has 0 fully saturated rings. The number of rotatable bonds is 4. The standard InChI is InChI=1S/C11H15BrClNO/c1-11(2,7-15)14-6-8-5-9(12)3-4-10(8)13/h3-5,14-15H,6-7H2,1-2H3. The summed E-state index contributed by atoms with van der Waals surface area (Å²) < 4.78 is 1.01. The fourth-order valence-corrected chi connectivity index (χ4v) is 1.66. The topological polar surface area (TPSA) is 32.3 Å². The molecule has 2 N–H and O–H groups in total.